The van der Waals surface area contributed by atoms with Crippen LogP contribution in [-0.4, -0.2) is 68.1 Å². The van der Waals surface area contributed by atoms with Crippen LogP contribution in [0.4, 0.5) is 0 Å². The van der Waals surface area contributed by atoms with Crippen LogP contribution in [0.2, 0.25) is 0 Å². The highest BCUT2D eigenvalue weighted by atomic mass is 16.4. The van der Waals surface area contributed by atoms with Crippen molar-refractivity contribution in [1.82, 2.24) is 19.6 Å². The molecule has 1 aliphatic carbocycles. The van der Waals surface area contributed by atoms with Gasteiger partial charge in [-0.1, -0.05) is 0 Å². The molecule has 3 heterocycles. The number of nitrogens with zero attached hydrogens (tertiary/aromatic N) is 4. The fourth-order valence-electron chi connectivity index (χ4n) is 4.37. The molecule has 8 nitrogen and oxygen atoms in total. The van der Waals surface area contributed by atoms with Crippen molar-refractivity contribution in [2.45, 2.75) is 38.1 Å². The quantitative estimate of drug-likeness (QED) is 0.858. The molecule has 1 aromatic heterocycles. The van der Waals surface area contributed by atoms with E-state index in [1.54, 1.807) is 13.1 Å². The van der Waals surface area contributed by atoms with E-state index in [0.29, 0.717) is 31.7 Å². The van der Waals surface area contributed by atoms with Gasteiger partial charge in [0.1, 0.15) is 11.7 Å². The van der Waals surface area contributed by atoms with Crippen molar-refractivity contribution in [3.8, 4) is 0 Å². The minimum atomic E-state index is -0.964. The zero-order valence-corrected chi connectivity index (χ0v) is 14.9. The number of carboxylic acid groups (broad SMARTS) is 1. The Morgan fingerprint density at radius 1 is 1.23 bits per heavy atom. The number of likely N-dealkylation sites (tertiary alicyclic amines) is 2. The first-order valence-electron chi connectivity index (χ1n) is 9.21. The summed E-state index contributed by atoms with van der Waals surface area (Å²) in [5.41, 5.74) is 0.187. The number of aliphatic carboxylic acids is 1. The number of carbonyl (C=O) groups excluding carboxylic acids is 2. The van der Waals surface area contributed by atoms with Crippen LogP contribution in [0.15, 0.2) is 12.3 Å². The van der Waals surface area contributed by atoms with Crippen molar-refractivity contribution < 1.29 is 19.5 Å². The first kappa shape index (κ1) is 17.1. The molecule has 1 unspecified atom stereocenters. The van der Waals surface area contributed by atoms with Crippen LogP contribution in [0, 0.1) is 11.3 Å². The third-order valence-corrected chi connectivity index (χ3v) is 6.16. The maximum Gasteiger partial charge on any atom is 0.326 e. The van der Waals surface area contributed by atoms with E-state index in [0.717, 1.165) is 25.7 Å². The van der Waals surface area contributed by atoms with Gasteiger partial charge in [0.05, 0.1) is 0 Å². The monoisotopic (exact) mass is 360 g/mol. The Balaban J connectivity index is 1.49. The molecule has 1 spiro atoms. The zero-order chi connectivity index (χ0) is 18.5. The highest BCUT2D eigenvalue weighted by molar-refractivity contribution is 5.95. The van der Waals surface area contributed by atoms with Crippen molar-refractivity contribution >= 4 is 17.8 Å². The molecule has 2 saturated heterocycles. The number of hydrogen-bond donors (Lipinski definition) is 1. The van der Waals surface area contributed by atoms with Crippen LogP contribution in [-0.2, 0) is 16.6 Å². The van der Waals surface area contributed by atoms with Crippen molar-refractivity contribution in [1.29, 1.82) is 0 Å². The maximum atomic E-state index is 12.9. The Kier molecular flexibility index (Phi) is 4.00. The molecule has 140 valence electrons. The molecule has 3 aliphatic rings. The number of hydrogen-bond acceptors (Lipinski definition) is 4. The second-order valence-electron chi connectivity index (χ2n) is 7.93. The Bertz CT molecular complexity index is 746. The van der Waals surface area contributed by atoms with Crippen molar-refractivity contribution in [3.63, 3.8) is 0 Å². The molecule has 4 rings (SSSR count). The number of piperidine rings is 1. The van der Waals surface area contributed by atoms with Gasteiger partial charge >= 0.3 is 5.97 Å². The highest BCUT2D eigenvalue weighted by Crippen LogP contribution is 2.44. The van der Waals surface area contributed by atoms with E-state index in [9.17, 15) is 19.5 Å². The van der Waals surface area contributed by atoms with Crippen LogP contribution < -0.4 is 0 Å². The third kappa shape index (κ3) is 2.87. The lowest BCUT2D eigenvalue weighted by Gasteiger charge is -2.39. The van der Waals surface area contributed by atoms with Crippen LogP contribution in [0.3, 0.4) is 0 Å². The first-order chi connectivity index (χ1) is 12.4. The average molecular weight is 360 g/mol. The number of amides is 2. The summed E-state index contributed by atoms with van der Waals surface area (Å²) in [5.74, 6) is -0.794. The topological polar surface area (TPSA) is 95.7 Å². The predicted octanol–water partition coefficient (Wildman–Crippen LogP) is 0.738. The van der Waals surface area contributed by atoms with Gasteiger partial charge in [-0.15, -0.1) is 0 Å². The molecule has 0 bridgehead atoms. The molecule has 8 heteroatoms. The molecule has 0 radical (unpaired) electrons. The minimum absolute atomic E-state index is 0.210. The van der Waals surface area contributed by atoms with Crippen LogP contribution >= 0.6 is 0 Å². The Morgan fingerprint density at radius 2 is 1.92 bits per heavy atom. The van der Waals surface area contributed by atoms with E-state index >= 15 is 0 Å². The summed E-state index contributed by atoms with van der Waals surface area (Å²) in [6.07, 6.45) is 5.49. The average Bonchev–Trinajstić information content (AvgIpc) is 3.28. The Morgan fingerprint density at radius 3 is 2.46 bits per heavy atom. The second kappa shape index (κ2) is 6.10. The van der Waals surface area contributed by atoms with E-state index in [2.05, 4.69) is 5.10 Å². The number of aromatic nitrogens is 2. The van der Waals surface area contributed by atoms with Crippen LogP contribution in [0.5, 0.6) is 0 Å². The van der Waals surface area contributed by atoms with Gasteiger partial charge in [0.15, 0.2) is 0 Å². The lowest BCUT2D eigenvalue weighted by Crippen LogP contribution is -2.45. The molecule has 3 fully saturated rings. The molecule has 1 saturated carbocycles. The summed E-state index contributed by atoms with van der Waals surface area (Å²) in [6.45, 7) is 1.75. The number of rotatable bonds is 3. The first-order valence-corrected chi connectivity index (χ1v) is 9.21. The van der Waals surface area contributed by atoms with Gasteiger partial charge in [-0.3, -0.25) is 14.3 Å². The molecule has 2 aliphatic heterocycles. The molecular formula is C18H24N4O4. The van der Waals surface area contributed by atoms with Gasteiger partial charge in [-0.05, 0) is 43.6 Å². The zero-order valence-electron chi connectivity index (χ0n) is 14.9. The second-order valence-corrected chi connectivity index (χ2v) is 7.93. The molecule has 1 N–H and O–H groups in total. The standard InChI is InChI=1S/C18H24N4O4/c1-20-13(4-7-19-20)16(24)22-11-18(10-14(22)17(25)26)5-8-21(9-6-18)15(23)12-2-3-12/h4,7,12,14H,2-3,5-6,8-11H2,1H3,(H,25,26). The van der Waals surface area contributed by atoms with E-state index in [-0.39, 0.29) is 23.1 Å². The van der Waals surface area contributed by atoms with Crippen molar-refractivity contribution in [2.75, 3.05) is 19.6 Å². The number of carboxylic acids is 1. The minimum Gasteiger partial charge on any atom is -0.480 e. The molecule has 1 atom stereocenters. The lowest BCUT2D eigenvalue weighted by molar-refractivity contribution is -0.141. The van der Waals surface area contributed by atoms with Crippen LogP contribution in [0.1, 0.15) is 42.6 Å². The summed E-state index contributed by atoms with van der Waals surface area (Å²) in [5, 5.41) is 13.7. The van der Waals surface area contributed by atoms with Gasteiger partial charge in [-0.2, -0.15) is 5.10 Å². The SMILES string of the molecule is Cn1nccc1C(=O)N1CC2(CCN(C(=O)C3CC3)CC2)CC1C(=O)O. The Labute approximate surface area is 151 Å². The maximum absolute atomic E-state index is 12.9. The molecule has 2 amide bonds. The normalized spacial score (nSPS) is 24.9. The van der Waals surface area contributed by atoms with E-state index in [1.165, 1.54) is 15.8 Å². The van der Waals surface area contributed by atoms with Gasteiger partial charge < -0.3 is 14.9 Å². The summed E-state index contributed by atoms with van der Waals surface area (Å²) < 4.78 is 1.48. The van der Waals surface area contributed by atoms with Crippen LogP contribution in [0.25, 0.3) is 0 Å². The van der Waals surface area contributed by atoms with Crippen molar-refractivity contribution in [3.05, 3.63) is 18.0 Å². The number of aryl methyl sites for hydroxylation is 1. The summed E-state index contributed by atoms with van der Waals surface area (Å²) in [6, 6.07) is 0.798. The summed E-state index contributed by atoms with van der Waals surface area (Å²) in [4.78, 5) is 40.3. The van der Waals surface area contributed by atoms with Gasteiger partial charge in [0.2, 0.25) is 5.91 Å². The Hall–Kier alpha value is -2.38. The molecule has 0 aromatic carbocycles. The summed E-state index contributed by atoms with van der Waals surface area (Å²) in [7, 11) is 1.68. The molecule has 26 heavy (non-hydrogen) atoms. The smallest absolute Gasteiger partial charge is 0.326 e. The van der Waals surface area contributed by atoms with Gasteiger partial charge in [0, 0.05) is 38.8 Å². The predicted molar refractivity (Wildman–Crippen MR) is 91.3 cm³/mol. The fourth-order valence-corrected chi connectivity index (χ4v) is 4.37. The van der Waals surface area contributed by atoms with E-state index in [1.807, 2.05) is 4.90 Å². The molecule has 1 aromatic rings. The largest absolute Gasteiger partial charge is 0.480 e. The van der Waals surface area contributed by atoms with E-state index < -0.39 is 12.0 Å². The summed E-state index contributed by atoms with van der Waals surface area (Å²) >= 11 is 0. The highest BCUT2D eigenvalue weighted by Gasteiger charge is 2.51. The lowest BCUT2D eigenvalue weighted by atomic mass is 9.76. The number of carbonyl (C=O) groups is 3. The van der Waals surface area contributed by atoms with E-state index in [4.69, 9.17) is 0 Å². The van der Waals surface area contributed by atoms with Gasteiger partial charge in [-0.25, -0.2) is 4.79 Å². The molecular weight excluding hydrogens is 336 g/mol. The van der Waals surface area contributed by atoms with Crippen molar-refractivity contribution in [2.24, 2.45) is 18.4 Å². The van der Waals surface area contributed by atoms with Gasteiger partial charge in [0.25, 0.3) is 5.91 Å². The fraction of sp³-hybridized carbons (Fsp3) is 0.667. The third-order valence-electron chi connectivity index (χ3n) is 6.16.